The van der Waals surface area contributed by atoms with Crippen molar-refractivity contribution in [3.63, 3.8) is 0 Å². The summed E-state index contributed by atoms with van der Waals surface area (Å²) in [6.45, 7) is 3.78. The number of carboxylic acid groups (broad SMARTS) is 1. The van der Waals surface area contributed by atoms with Crippen LogP contribution in [0.1, 0.15) is 30.4 Å². The van der Waals surface area contributed by atoms with E-state index in [0.29, 0.717) is 0 Å². The molecule has 6 nitrogen and oxygen atoms in total. The van der Waals surface area contributed by atoms with Crippen LogP contribution in [0.15, 0.2) is 36.4 Å². The lowest BCUT2D eigenvalue weighted by Gasteiger charge is -2.15. The van der Waals surface area contributed by atoms with Gasteiger partial charge in [-0.3, -0.25) is 10.1 Å². The minimum Gasteiger partial charge on any atom is -0.477 e. The first kappa shape index (κ1) is 13.8. The van der Waals surface area contributed by atoms with Crippen LogP contribution in [0.4, 0.5) is 5.69 Å². The van der Waals surface area contributed by atoms with Gasteiger partial charge in [-0.2, -0.15) is 0 Å². The van der Waals surface area contributed by atoms with Crippen LogP contribution in [0.3, 0.4) is 0 Å². The fourth-order valence-electron chi connectivity index (χ4n) is 2.17. The van der Waals surface area contributed by atoms with Gasteiger partial charge in [-0.25, -0.2) is 4.79 Å². The average Bonchev–Trinajstić information content (AvgIpc) is 2.83. The van der Waals surface area contributed by atoms with Gasteiger partial charge in [0.2, 0.25) is 0 Å². The number of hydrogen-bond donors (Lipinski definition) is 1. The maximum Gasteiger partial charge on any atom is 0.352 e. The number of nitro benzene ring substituents is 1. The molecule has 2 aromatic rings. The second kappa shape index (κ2) is 5.16. The SMILES string of the molecule is CC(C)n1c(C(=O)O)ccc1-c1ccc([N+](=O)[O-])cc1. The topological polar surface area (TPSA) is 85.4 Å². The first-order valence-corrected chi connectivity index (χ1v) is 6.11. The maximum atomic E-state index is 11.2. The van der Waals surface area contributed by atoms with Crippen molar-refractivity contribution < 1.29 is 14.8 Å². The number of carboxylic acids is 1. The molecule has 1 aromatic heterocycles. The van der Waals surface area contributed by atoms with E-state index in [9.17, 15) is 20.0 Å². The molecule has 0 unspecified atom stereocenters. The zero-order valence-corrected chi connectivity index (χ0v) is 11.1. The number of hydrogen-bond acceptors (Lipinski definition) is 3. The average molecular weight is 274 g/mol. The molecule has 0 saturated heterocycles. The van der Waals surface area contributed by atoms with Gasteiger partial charge in [0.05, 0.1) is 4.92 Å². The number of rotatable bonds is 4. The molecule has 0 aliphatic rings. The Kier molecular flexibility index (Phi) is 3.56. The quantitative estimate of drug-likeness (QED) is 0.684. The molecule has 6 heteroatoms. The summed E-state index contributed by atoms with van der Waals surface area (Å²) in [5.74, 6) is -0.994. The van der Waals surface area contributed by atoms with Crippen LogP contribution in [-0.4, -0.2) is 20.6 Å². The summed E-state index contributed by atoms with van der Waals surface area (Å²) in [6, 6.07) is 9.29. The maximum absolute atomic E-state index is 11.2. The van der Waals surface area contributed by atoms with Crippen molar-refractivity contribution in [1.82, 2.24) is 4.57 Å². The van der Waals surface area contributed by atoms with Crippen LogP contribution in [0.2, 0.25) is 0 Å². The second-order valence-electron chi connectivity index (χ2n) is 4.68. The Morgan fingerprint density at radius 3 is 2.25 bits per heavy atom. The van der Waals surface area contributed by atoms with Gasteiger partial charge >= 0.3 is 5.97 Å². The van der Waals surface area contributed by atoms with Crippen molar-refractivity contribution in [1.29, 1.82) is 0 Å². The number of carbonyl (C=O) groups is 1. The zero-order valence-electron chi connectivity index (χ0n) is 11.1. The summed E-state index contributed by atoms with van der Waals surface area (Å²) < 4.78 is 1.70. The fraction of sp³-hybridized carbons (Fsp3) is 0.214. The Balaban J connectivity index is 2.52. The third kappa shape index (κ3) is 2.40. The lowest BCUT2D eigenvalue weighted by Crippen LogP contribution is -2.11. The third-order valence-electron chi connectivity index (χ3n) is 3.03. The molecule has 0 amide bonds. The van der Waals surface area contributed by atoms with Crippen molar-refractivity contribution in [2.24, 2.45) is 0 Å². The molecule has 0 fully saturated rings. The molecule has 1 heterocycles. The molecule has 20 heavy (non-hydrogen) atoms. The van der Waals surface area contributed by atoms with E-state index in [-0.39, 0.29) is 17.4 Å². The van der Waals surface area contributed by atoms with Crippen molar-refractivity contribution in [2.45, 2.75) is 19.9 Å². The summed E-state index contributed by atoms with van der Waals surface area (Å²) in [5.41, 5.74) is 1.69. The number of aromatic nitrogens is 1. The predicted molar refractivity (Wildman–Crippen MR) is 73.9 cm³/mol. The minimum absolute atomic E-state index is 0.00913. The second-order valence-corrected chi connectivity index (χ2v) is 4.68. The smallest absolute Gasteiger partial charge is 0.352 e. The molecule has 0 aliphatic heterocycles. The number of nitrogens with zero attached hydrogens (tertiary/aromatic N) is 2. The molecular weight excluding hydrogens is 260 g/mol. The van der Waals surface area contributed by atoms with Gasteiger partial charge < -0.3 is 9.67 Å². The largest absolute Gasteiger partial charge is 0.477 e. The Morgan fingerprint density at radius 2 is 1.80 bits per heavy atom. The molecule has 0 bridgehead atoms. The zero-order chi connectivity index (χ0) is 14.9. The van der Waals surface area contributed by atoms with E-state index in [4.69, 9.17) is 0 Å². The summed E-state index contributed by atoms with van der Waals surface area (Å²) in [5, 5.41) is 19.8. The van der Waals surface area contributed by atoms with Crippen LogP contribution in [0.5, 0.6) is 0 Å². The van der Waals surface area contributed by atoms with E-state index >= 15 is 0 Å². The Morgan fingerprint density at radius 1 is 1.20 bits per heavy atom. The van der Waals surface area contributed by atoms with Gasteiger partial charge in [0.15, 0.2) is 0 Å². The van der Waals surface area contributed by atoms with Gasteiger partial charge in [-0.05, 0) is 43.7 Å². The van der Waals surface area contributed by atoms with Gasteiger partial charge in [0.25, 0.3) is 5.69 Å². The van der Waals surface area contributed by atoms with E-state index in [1.165, 1.54) is 12.1 Å². The van der Waals surface area contributed by atoms with Gasteiger partial charge in [-0.15, -0.1) is 0 Å². The summed E-state index contributed by atoms with van der Waals surface area (Å²) in [6.07, 6.45) is 0. The Labute approximate surface area is 115 Å². The van der Waals surface area contributed by atoms with Crippen molar-refractivity contribution in [3.8, 4) is 11.3 Å². The van der Waals surface area contributed by atoms with E-state index in [0.717, 1.165) is 11.3 Å². The minimum atomic E-state index is -0.994. The fourth-order valence-corrected chi connectivity index (χ4v) is 2.17. The van der Waals surface area contributed by atoms with Crippen LogP contribution in [0.25, 0.3) is 11.3 Å². The normalized spacial score (nSPS) is 10.8. The first-order chi connectivity index (χ1) is 9.41. The monoisotopic (exact) mass is 274 g/mol. The summed E-state index contributed by atoms with van der Waals surface area (Å²) >= 11 is 0. The highest BCUT2D eigenvalue weighted by atomic mass is 16.6. The lowest BCUT2D eigenvalue weighted by molar-refractivity contribution is -0.384. The van der Waals surface area contributed by atoms with Crippen LogP contribution in [-0.2, 0) is 0 Å². The number of non-ortho nitro benzene ring substituents is 1. The van der Waals surface area contributed by atoms with Crippen LogP contribution >= 0.6 is 0 Å². The molecule has 1 aromatic carbocycles. The third-order valence-corrected chi connectivity index (χ3v) is 3.03. The lowest BCUT2D eigenvalue weighted by atomic mass is 10.1. The number of aromatic carboxylic acids is 1. The van der Waals surface area contributed by atoms with E-state index < -0.39 is 10.9 Å². The van der Waals surface area contributed by atoms with Crippen molar-refractivity contribution in [3.05, 3.63) is 52.2 Å². The summed E-state index contributed by atoms with van der Waals surface area (Å²) in [7, 11) is 0. The molecule has 1 N–H and O–H groups in total. The van der Waals surface area contributed by atoms with E-state index in [2.05, 4.69) is 0 Å². The van der Waals surface area contributed by atoms with Crippen molar-refractivity contribution >= 4 is 11.7 Å². The van der Waals surface area contributed by atoms with Crippen LogP contribution in [0, 0.1) is 10.1 Å². The molecule has 0 spiro atoms. The van der Waals surface area contributed by atoms with Gasteiger partial charge in [0.1, 0.15) is 5.69 Å². The predicted octanol–water partition coefficient (Wildman–Crippen LogP) is 3.34. The molecular formula is C14H14N2O4. The standard InChI is InChI=1S/C14H14N2O4/c1-9(2)15-12(7-8-13(15)14(17)18)10-3-5-11(6-4-10)16(19)20/h3-9H,1-2H3,(H,17,18). The van der Waals surface area contributed by atoms with E-state index in [1.54, 1.807) is 28.8 Å². The Hall–Kier alpha value is -2.63. The highest BCUT2D eigenvalue weighted by Gasteiger charge is 2.17. The van der Waals surface area contributed by atoms with Crippen LogP contribution < -0.4 is 0 Å². The molecule has 2 rings (SSSR count). The highest BCUT2D eigenvalue weighted by Crippen LogP contribution is 2.28. The molecule has 0 atom stereocenters. The Bertz CT molecular complexity index is 656. The number of nitro groups is 1. The highest BCUT2D eigenvalue weighted by molar-refractivity contribution is 5.87. The first-order valence-electron chi connectivity index (χ1n) is 6.11. The van der Waals surface area contributed by atoms with Gasteiger partial charge in [-0.1, -0.05) is 0 Å². The molecule has 0 aliphatic carbocycles. The van der Waals surface area contributed by atoms with Gasteiger partial charge in [0, 0.05) is 23.9 Å². The molecule has 0 saturated carbocycles. The molecule has 104 valence electrons. The van der Waals surface area contributed by atoms with Crippen molar-refractivity contribution in [2.75, 3.05) is 0 Å². The molecule has 0 radical (unpaired) electrons. The van der Waals surface area contributed by atoms with E-state index in [1.807, 2.05) is 13.8 Å². The summed E-state index contributed by atoms with van der Waals surface area (Å²) in [4.78, 5) is 21.4. The number of benzene rings is 1.